The maximum atomic E-state index is 12.3. The van der Waals surface area contributed by atoms with Gasteiger partial charge >= 0.3 is 6.03 Å². The molecule has 1 aromatic heterocycles. The van der Waals surface area contributed by atoms with E-state index in [2.05, 4.69) is 51.8 Å². The second kappa shape index (κ2) is 6.63. The van der Waals surface area contributed by atoms with E-state index in [-0.39, 0.29) is 16.9 Å². The van der Waals surface area contributed by atoms with Crippen LogP contribution in [-0.2, 0) is 10.8 Å². The minimum absolute atomic E-state index is 0.0996. The van der Waals surface area contributed by atoms with Crippen LogP contribution in [0.4, 0.5) is 10.6 Å². The highest BCUT2D eigenvalue weighted by Crippen LogP contribution is 2.26. The third-order valence-corrected chi connectivity index (χ3v) is 3.45. The van der Waals surface area contributed by atoms with E-state index in [0.717, 1.165) is 11.5 Å². The van der Waals surface area contributed by atoms with Crippen molar-refractivity contribution in [1.82, 2.24) is 14.9 Å². The highest BCUT2D eigenvalue weighted by molar-refractivity contribution is 5.88. The number of hydrogen-bond acceptors (Lipinski definition) is 3. The lowest BCUT2D eigenvalue weighted by Gasteiger charge is -2.25. The molecule has 0 spiro atoms. The summed E-state index contributed by atoms with van der Waals surface area (Å²) in [4.78, 5) is 23.2. The Morgan fingerprint density at radius 2 is 1.59 bits per heavy atom. The van der Waals surface area contributed by atoms with Crippen LogP contribution >= 0.6 is 0 Å². The average molecular weight is 306 g/mol. The van der Waals surface area contributed by atoms with Gasteiger partial charge in [-0.3, -0.25) is 5.32 Å². The van der Waals surface area contributed by atoms with Crippen LogP contribution in [-0.4, -0.2) is 34.0 Å². The van der Waals surface area contributed by atoms with Crippen molar-refractivity contribution >= 4 is 11.8 Å². The molecule has 0 aliphatic rings. The van der Waals surface area contributed by atoms with Crippen LogP contribution in [0.2, 0.25) is 0 Å². The first-order chi connectivity index (χ1) is 9.98. The van der Waals surface area contributed by atoms with Crippen molar-refractivity contribution in [2.45, 2.75) is 66.2 Å². The van der Waals surface area contributed by atoms with Gasteiger partial charge in [0.05, 0.1) is 5.69 Å². The molecule has 1 rings (SSSR count). The predicted octanol–water partition coefficient (Wildman–Crippen LogP) is 3.95. The highest BCUT2D eigenvalue weighted by atomic mass is 16.2. The molecule has 1 N–H and O–H groups in total. The highest BCUT2D eigenvalue weighted by Gasteiger charge is 2.24. The number of aromatic nitrogens is 2. The molecular formula is C17H30N4O. The zero-order valence-corrected chi connectivity index (χ0v) is 15.2. The molecular weight excluding hydrogens is 276 g/mol. The number of rotatable bonds is 3. The molecule has 5 nitrogen and oxygen atoms in total. The second-order valence-corrected chi connectivity index (χ2v) is 7.56. The molecule has 0 unspecified atom stereocenters. The van der Waals surface area contributed by atoms with Gasteiger partial charge in [0.25, 0.3) is 0 Å². The summed E-state index contributed by atoms with van der Waals surface area (Å²) in [5, 5.41) is 2.90. The molecule has 0 bridgehead atoms. The molecule has 1 aromatic rings. The minimum Gasteiger partial charge on any atom is -0.325 e. The van der Waals surface area contributed by atoms with Crippen molar-refractivity contribution < 1.29 is 4.79 Å². The van der Waals surface area contributed by atoms with Crippen molar-refractivity contribution in [3.05, 3.63) is 17.6 Å². The van der Waals surface area contributed by atoms with Gasteiger partial charge in [0, 0.05) is 30.0 Å². The fourth-order valence-electron chi connectivity index (χ4n) is 1.93. The lowest BCUT2D eigenvalue weighted by Crippen LogP contribution is -2.35. The topological polar surface area (TPSA) is 58.1 Å². The summed E-state index contributed by atoms with van der Waals surface area (Å²) in [5.74, 6) is 1.32. The van der Waals surface area contributed by atoms with E-state index in [1.807, 2.05) is 19.9 Å². The summed E-state index contributed by atoms with van der Waals surface area (Å²) >= 11 is 0. The van der Waals surface area contributed by atoms with Gasteiger partial charge in [-0.25, -0.2) is 14.8 Å². The van der Waals surface area contributed by atoms with E-state index in [1.54, 1.807) is 4.90 Å². The fraction of sp³-hybridized carbons (Fsp3) is 0.706. The largest absolute Gasteiger partial charge is 0.325 e. The molecule has 0 aliphatic heterocycles. The smallest absolute Gasteiger partial charge is 0.322 e. The molecule has 0 radical (unpaired) electrons. The van der Waals surface area contributed by atoms with Gasteiger partial charge in [0.2, 0.25) is 0 Å². The van der Waals surface area contributed by atoms with Crippen molar-refractivity contribution in [3.8, 4) is 0 Å². The van der Waals surface area contributed by atoms with Crippen LogP contribution in [0.5, 0.6) is 0 Å². The Labute approximate surface area is 134 Å². The number of nitrogens with zero attached hydrogens (tertiary/aromatic N) is 3. The summed E-state index contributed by atoms with van der Waals surface area (Å²) in [5.41, 5.74) is 0.662. The lowest BCUT2D eigenvalue weighted by atomic mass is 9.90. The Hall–Kier alpha value is -1.65. The van der Waals surface area contributed by atoms with Crippen molar-refractivity contribution in [3.63, 3.8) is 0 Å². The molecule has 0 saturated carbocycles. The number of nitrogens with one attached hydrogen (secondary N) is 1. The van der Waals surface area contributed by atoms with Gasteiger partial charge in [0.1, 0.15) is 11.6 Å². The maximum Gasteiger partial charge on any atom is 0.322 e. The summed E-state index contributed by atoms with van der Waals surface area (Å²) in [6.07, 6.45) is 0. The lowest BCUT2D eigenvalue weighted by molar-refractivity contribution is 0.217. The molecule has 22 heavy (non-hydrogen) atoms. The number of amides is 2. The van der Waals surface area contributed by atoms with Gasteiger partial charge in [-0.05, 0) is 13.8 Å². The standard InChI is InChI=1S/C17H30N4O/c1-9-21(10-2)15(22)20-13-11-12(16(3,4)5)18-14(19-13)17(6,7)8/h11H,9-10H2,1-8H3,(H,18,19,20,22). The number of hydrogen-bond donors (Lipinski definition) is 1. The predicted molar refractivity (Wildman–Crippen MR) is 91.4 cm³/mol. The molecule has 0 saturated heterocycles. The third-order valence-electron chi connectivity index (χ3n) is 3.45. The molecule has 0 aliphatic carbocycles. The zero-order chi connectivity index (χ0) is 17.1. The Balaban J connectivity index is 3.22. The molecule has 0 fully saturated rings. The second-order valence-electron chi connectivity index (χ2n) is 7.56. The van der Waals surface area contributed by atoms with Crippen molar-refractivity contribution in [1.29, 1.82) is 0 Å². The van der Waals surface area contributed by atoms with E-state index in [0.29, 0.717) is 18.9 Å². The number of anilines is 1. The van der Waals surface area contributed by atoms with Gasteiger partial charge in [-0.2, -0.15) is 0 Å². The molecule has 1 heterocycles. The van der Waals surface area contributed by atoms with Crippen LogP contribution in [0.1, 0.15) is 66.9 Å². The Morgan fingerprint density at radius 3 is 2.00 bits per heavy atom. The number of urea groups is 1. The summed E-state index contributed by atoms with van der Waals surface area (Å²) < 4.78 is 0. The first-order valence-corrected chi connectivity index (χ1v) is 7.95. The van der Waals surface area contributed by atoms with Gasteiger partial charge in [-0.1, -0.05) is 41.5 Å². The molecule has 124 valence electrons. The van der Waals surface area contributed by atoms with Gasteiger partial charge in [-0.15, -0.1) is 0 Å². The van der Waals surface area contributed by atoms with E-state index >= 15 is 0 Å². The molecule has 0 atom stereocenters. The van der Waals surface area contributed by atoms with Crippen LogP contribution in [0, 0.1) is 0 Å². The van der Waals surface area contributed by atoms with Crippen LogP contribution in [0.25, 0.3) is 0 Å². The van der Waals surface area contributed by atoms with Crippen LogP contribution in [0.3, 0.4) is 0 Å². The first kappa shape index (κ1) is 18.4. The van der Waals surface area contributed by atoms with Crippen LogP contribution < -0.4 is 5.32 Å². The SMILES string of the molecule is CCN(CC)C(=O)Nc1cc(C(C)(C)C)nc(C(C)(C)C)n1. The van der Waals surface area contributed by atoms with Crippen molar-refractivity contribution in [2.24, 2.45) is 0 Å². The fourth-order valence-corrected chi connectivity index (χ4v) is 1.93. The van der Waals surface area contributed by atoms with E-state index in [1.165, 1.54) is 0 Å². The monoisotopic (exact) mass is 306 g/mol. The van der Waals surface area contributed by atoms with E-state index in [9.17, 15) is 4.79 Å². The summed E-state index contributed by atoms with van der Waals surface area (Å²) in [6, 6.07) is 1.75. The molecule has 2 amide bonds. The van der Waals surface area contributed by atoms with E-state index in [4.69, 9.17) is 4.98 Å². The maximum absolute atomic E-state index is 12.3. The zero-order valence-electron chi connectivity index (χ0n) is 15.2. The average Bonchev–Trinajstić information content (AvgIpc) is 2.37. The van der Waals surface area contributed by atoms with Crippen LogP contribution in [0.15, 0.2) is 6.07 Å². The quantitative estimate of drug-likeness (QED) is 0.920. The normalized spacial score (nSPS) is 12.2. The van der Waals surface area contributed by atoms with E-state index < -0.39 is 0 Å². The van der Waals surface area contributed by atoms with Crippen molar-refractivity contribution in [2.75, 3.05) is 18.4 Å². The Bertz CT molecular complexity index is 490. The molecule has 0 aromatic carbocycles. The third kappa shape index (κ3) is 4.68. The number of carbonyl (C=O) groups is 1. The van der Waals surface area contributed by atoms with Gasteiger partial charge < -0.3 is 4.90 Å². The first-order valence-electron chi connectivity index (χ1n) is 7.95. The Morgan fingerprint density at radius 1 is 1.05 bits per heavy atom. The summed E-state index contributed by atoms with van der Waals surface area (Å²) in [6.45, 7) is 17.8. The summed E-state index contributed by atoms with van der Waals surface area (Å²) in [7, 11) is 0. The Kier molecular flexibility index (Phi) is 5.54. The minimum atomic E-state index is -0.171. The van der Waals surface area contributed by atoms with Gasteiger partial charge in [0.15, 0.2) is 0 Å². The number of carbonyl (C=O) groups excluding carboxylic acids is 1. The molecule has 5 heteroatoms.